The highest BCUT2D eigenvalue weighted by Gasteiger charge is 2.16. The van der Waals surface area contributed by atoms with Gasteiger partial charge in [-0.05, 0) is 31.0 Å². The van der Waals surface area contributed by atoms with Crippen molar-refractivity contribution in [3.8, 4) is 0 Å². The highest BCUT2D eigenvalue weighted by atomic mass is 32.2. The minimum atomic E-state index is -3.82. The van der Waals surface area contributed by atoms with Crippen LogP contribution in [0.2, 0.25) is 0 Å². The summed E-state index contributed by atoms with van der Waals surface area (Å²) in [5.41, 5.74) is 0.865. The predicted octanol–water partition coefficient (Wildman–Crippen LogP) is 2.46. The molecule has 0 radical (unpaired) electrons. The number of anilines is 2. The van der Waals surface area contributed by atoms with Crippen LogP contribution in [-0.2, 0) is 15.0 Å². The molecular formula is C14H23N3O3S. The number of hydrogen-bond acceptors (Lipinski definition) is 3. The molecule has 21 heavy (non-hydrogen) atoms. The van der Waals surface area contributed by atoms with Crippen LogP contribution in [0.5, 0.6) is 0 Å². The van der Waals surface area contributed by atoms with Crippen molar-refractivity contribution in [3.05, 3.63) is 24.3 Å². The van der Waals surface area contributed by atoms with Gasteiger partial charge < -0.3 is 5.32 Å². The molecule has 6 nitrogen and oxygen atoms in total. The maximum absolute atomic E-state index is 12.2. The average Bonchev–Trinajstić information content (AvgIpc) is 2.36. The molecule has 0 spiro atoms. The van der Waals surface area contributed by atoms with Gasteiger partial charge in [-0.25, -0.2) is 5.14 Å². The maximum Gasteiger partial charge on any atom is 0.296 e. The first kappa shape index (κ1) is 17.5. The van der Waals surface area contributed by atoms with Gasteiger partial charge in [0, 0.05) is 11.6 Å². The Morgan fingerprint density at radius 3 is 2.29 bits per heavy atom. The molecule has 1 aromatic carbocycles. The standard InChI is InChI=1S/C14H23N3O3S/c1-3-6-11(7-4-2)14(18)16-12-8-5-9-13(10-12)17-21(15,19)20/h5,8-11,17H,3-4,6-7H2,1-2H3,(H,16,18)(H2,15,19,20). The Bertz CT molecular complexity index is 567. The molecule has 0 aliphatic carbocycles. The molecule has 0 aliphatic rings. The van der Waals surface area contributed by atoms with Gasteiger partial charge in [-0.15, -0.1) is 0 Å². The lowest BCUT2D eigenvalue weighted by molar-refractivity contribution is -0.120. The Labute approximate surface area is 126 Å². The monoisotopic (exact) mass is 313 g/mol. The van der Waals surface area contributed by atoms with Gasteiger partial charge in [-0.1, -0.05) is 32.8 Å². The van der Waals surface area contributed by atoms with Crippen LogP contribution in [0.1, 0.15) is 39.5 Å². The van der Waals surface area contributed by atoms with Gasteiger partial charge in [0.25, 0.3) is 10.2 Å². The minimum Gasteiger partial charge on any atom is -0.326 e. The number of carbonyl (C=O) groups excluding carboxylic acids is 1. The Kier molecular flexibility index (Phi) is 6.64. The van der Waals surface area contributed by atoms with Gasteiger partial charge in [-0.2, -0.15) is 8.42 Å². The van der Waals surface area contributed by atoms with E-state index in [0.29, 0.717) is 11.4 Å². The highest BCUT2D eigenvalue weighted by molar-refractivity contribution is 7.90. The largest absolute Gasteiger partial charge is 0.326 e. The van der Waals surface area contributed by atoms with Crippen LogP contribution in [0.15, 0.2) is 24.3 Å². The summed E-state index contributed by atoms with van der Waals surface area (Å²) in [5, 5.41) is 7.74. The molecule has 0 saturated carbocycles. The van der Waals surface area contributed by atoms with Crippen molar-refractivity contribution in [2.75, 3.05) is 10.0 Å². The first-order valence-corrected chi connectivity index (χ1v) is 8.61. The van der Waals surface area contributed by atoms with Gasteiger partial charge in [0.2, 0.25) is 5.91 Å². The number of rotatable bonds is 8. The zero-order valence-electron chi connectivity index (χ0n) is 12.4. The van der Waals surface area contributed by atoms with Gasteiger partial charge in [0.1, 0.15) is 0 Å². The van der Waals surface area contributed by atoms with Crippen molar-refractivity contribution in [2.45, 2.75) is 39.5 Å². The van der Waals surface area contributed by atoms with Crippen molar-refractivity contribution in [1.82, 2.24) is 0 Å². The Morgan fingerprint density at radius 1 is 1.19 bits per heavy atom. The first-order chi connectivity index (χ1) is 9.85. The summed E-state index contributed by atoms with van der Waals surface area (Å²) in [6.45, 7) is 4.10. The van der Waals surface area contributed by atoms with Crippen LogP contribution >= 0.6 is 0 Å². The SMILES string of the molecule is CCCC(CCC)C(=O)Nc1cccc(NS(N)(=O)=O)c1. The van der Waals surface area contributed by atoms with E-state index in [4.69, 9.17) is 5.14 Å². The molecule has 0 aliphatic heterocycles. The average molecular weight is 313 g/mol. The molecule has 0 unspecified atom stereocenters. The zero-order valence-corrected chi connectivity index (χ0v) is 13.2. The number of amides is 1. The normalized spacial score (nSPS) is 11.4. The molecular weight excluding hydrogens is 290 g/mol. The van der Waals surface area contributed by atoms with Gasteiger partial charge >= 0.3 is 0 Å². The van der Waals surface area contributed by atoms with E-state index in [0.717, 1.165) is 25.7 Å². The third-order valence-corrected chi connectivity index (χ3v) is 3.56. The second-order valence-corrected chi connectivity index (χ2v) is 6.29. The maximum atomic E-state index is 12.2. The molecule has 1 amide bonds. The predicted molar refractivity (Wildman–Crippen MR) is 85.1 cm³/mol. The number of nitrogens with one attached hydrogen (secondary N) is 2. The van der Waals surface area contributed by atoms with Crippen LogP contribution in [0, 0.1) is 5.92 Å². The van der Waals surface area contributed by atoms with E-state index in [1.807, 2.05) is 13.8 Å². The summed E-state index contributed by atoms with van der Waals surface area (Å²) in [7, 11) is -3.82. The second-order valence-electron chi connectivity index (χ2n) is 4.99. The number of benzene rings is 1. The molecule has 0 bridgehead atoms. The number of nitrogens with two attached hydrogens (primary N) is 1. The molecule has 1 aromatic rings. The van der Waals surface area contributed by atoms with Crippen LogP contribution < -0.4 is 15.2 Å². The molecule has 4 N–H and O–H groups in total. The van der Waals surface area contributed by atoms with Crippen molar-refractivity contribution in [1.29, 1.82) is 0 Å². The Morgan fingerprint density at radius 2 is 1.76 bits per heavy atom. The highest BCUT2D eigenvalue weighted by Crippen LogP contribution is 2.19. The van der Waals surface area contributed by atoms with E-state index in [9.17, 15) is 13.2 Å². The lowest BCUT2D eigenvalue weighted by Gasteiger charge is -2.15. The van der Waals surface area contributed by atoms with E-state index in [2.05, 4.69) is 10.0 Å². The lowest BCUT2D eigenvalue weighted by Crippen LogP contribution is -2.23. The minimum absolute atomic E-state index is 0.0187. The fourth-order valence-corrected chi connectivity index (χ4v) is 2.63. The van der Waals surface area contributed by atoms with E-state index in [1.54, 1.807) is 18.2 Å². The quantitative estimate of drug-likeness (QED) is 0.687. The van der Waals surface area contributed by atoms with Crippen LogP contribution in [0.4, 0.5) is 11.4 Å². The first-order valence-electron chi connectivity index (χ1n) is 7.07. The fourth-order valence-electron chi connectivity index (χ4n) is 2.17. The van der Waals surface area contributed by atoms with Gasteiger partial charge in [0.05, 0.1) is 5.69 Å². The molecule has 0 saturated heterocycles. The van der Waals surface area contributed by atoms with E-state index in [-0.39, 0.29) is 11.8 Å². The lowest BCUT2D eigenvalue weighted by atomic mass is 9.97. The summed E-state index contributed by atoms with van der Waals surface area (Å²) < 4.78 is 24.2. The van der Waals surface area contributed by atoms with E-state index >= 15 is 0 Å². The molecule has 0 atom stereocenters. The molecule has 0 fully saturated rings. The topological polar surface area (TPSA) is 101 Å². The summed E-state index contributed by atoms with van der Waals surface area (Å²) in [5.74, 6) is -0.0543. The van der Waals surface area contributed by atoms with Crippen LogP contribution in [0.25, 0.3) is 0 Å². The van der Waals surface area contributed by atoms with Crippen molar-refractivity contribution in [3.63, 3.8) is 0 Å². The summed E-state index contributed by atoms with van der Waals surface area (Å²) >= 11 is 0. The van der Waals surface area contributed by atoms with Crippen LogP contribution in [-0.4, -0.2) is 14.3 Å². The summed E-state index contributed by atoms with van der Waals surface area (Å²) in [6.07, 6.45) is 3.58. The number of hydrogen-bond donors (Lipinski definition) is 3. The third-order valence-electron chi connectivity index (χ3n) is 3.04. The van der Waals surface area contributed by atoms with E-state index in [1.165, 1.54) is 6.07 Å². The molecule has 7 heteroatoms. The molecule has 0 aromatic heterocycles. The fraction of sp³-hybridized carbons (Fsp3) is 0.500. The zero-order chi connectivity index (χ0) is 15.9. The molecule has 1 rings (SSSR count). The van der Waals surface area contributed by atoms with Crippen LogP contribution in [0.3, 0.4) is 0 Å². The van der Waals surface area contributed by atoms with Gasteiger partial charge in [-0.3, -0.25) is 9.52 Å². The molecule has 118 valence electrons. The van der Waals surface area contributed by atoms with Crippen molar-refractivity contribution in [2.24, 2.45) is 11.1 Å². The Balaban J connectivity index is 2.77. The molecule has 0 heterocycles. The van der Waals surface area contributed by atoms with Crippen molar-refractivity contribution < 1.29 is 13.2 Å². The third kappa shape index (κ3) is 6.59. The summed E-state index contributed by atoms with van der Waals surface area (Å²) in [4.78, 5) is 12.2. The van der Waals surface area contributed by atoms with Gasteiger partial charge in [0.15, 0.2) is 0 Å². The summed E-state index contributed by atoms with van der Waals surface area (Å²) in [6, 6.07) is 6.46. The second kappa shape index (κ2) is 7.99. The Hall–Kier alpha value is -1.60. The smallest absolute Gasteiger partial charge is 0.296 e. The number of carbonyl (C=O) groups is 1. The van der Waals surface area contributed by atoms with E-state index < -0.39 is 10.2 Å². The van der Waals surface area contributed by atoms with Crippen molar-refractivity contribution >= 4 is 27.5 Å².